The molecule has 0 unspecified atom stereocenters. The van der Waals surface area contributed by atoms with Gasteiger partial charge in [0.15, 0.2) is 0 Å². The molecule has 7 aromatic heterocycles. The largest absolute Gasteiger partial charge is 0.365 e. The van der Waals surface area contributed by atoms with Gasteiger partial charge in [-0.05, 0) is 99.5 Å². The van der Waals surface area contributed by atoms with Gasteiger partial charge in [0.05, 0.1) is 39.9 Å². The smallest absolute Gasteiger partial charge is 0.143 e. The molecule has 0 radical (unpaired) electrons. The van der Waals surface area contributed by atoms with Crippen LogP contribution >= 0.6 is 0 Å². The summed E-state index contributed by atoms with van der Waals surface area (Å²) in [6.07, 6.45) is 8.94. The van der Waals surface area contributed by atoms with Crippen LogP contribution in [0.15, 0.2) is 130 Å². The van der Waals surface area contributed by atoms with E-state index in [1.165, 1.54) is 30.5 Å². The van der Waals surface area contributed by atoms with Crippen molar-refractivity contribution in [2.75, 3.05) is 0 Å². The topological polar surface area (TPSA) is 114 Å². The molecule has 0 aliphatic rings. The number of aromatic nitrogens is 7. The first-order chi connectivity index (χ1) is 25.7. The molecule has 0 amide bonds. The molecule has 0 N–H and O–H groups in total. The van der Waals surface area contributed by atoms with E-state index in [9.17, 15) is 8.78 Å². The second-order valence-corrected chi connectivity index (χ2v) is 12.5. The Hall–Kier alpha value is -6.69. The molecule has 9 aromatic rings. The van der Waals surface area contributed by atoms with Gasteiger partial charge in [-0.3, -0.25) is 4.98 Å². The minimum absolute atomic E-state index is 0.224. The van der Waals surface area contributed by atoms with Crippen LogP contribution in [0.25, 0.3) is 44.5 Å². The molecule has 7 heterocycles. The summed E-state index contributed by atoms with van der Waals surface area (Å²) >= 11 is 0. The van der Waals surface area contributed by atoms with Crippen LogP contribution in [0.5, 0.6) is 0 Å². The fourth-order valence-corrected chi connectivity index (χ4v) is 6.16. The van der Waals surface area contributed by atoms with Gasteiger partial charge < -0.3 is 22.7 Å². The third kappa shape index (κ3) is 7.81. The molecule has 0 fully saturated rings. The van der Waals surface area contributed by atoms with Crippen LogP contribution in [0, 0.1) is 39.3 Å². The van der Waals surface area contributed by atoms with Gasteiger partial charge in [0, 0.05) is 48.2 Å². The average molecular weight is 712 g/mol. The quantitative estimate of drug-likeness (QED) is 0.168. The Morgan fingerprint density at radius 1 is 0.679 bits per heavy atom. The van der Waals surface area contributed by atoms with Gasteiger partial charge in [0.2, 0.25) is 0 Å². The number of nitrogens with zero attached hydrogens (tertiary/aromatic N) is 7. The molecule has 0 atom stereocenters. The van der Waals surface area contributed by atoms with Crippen molar-refractivity contribution >= 4 is 22.1 Å². The second kappa shape index (κ2) is 15.3. The molecule has 0 spiro atoms. The third-order valence-electron chi connectivity index (χ3n) is 8.72. The van der Waals surface area contributed by atoms with E-state index in [2.05, 4.69) is 40.2 Å². The Kier molecular flexibility index (Phi) is 10.0. The normalized spacial score (nSPS) is 11.0. The van der Waals surface area contributed by atoms with Crippen LogP contribution in [0.4, 0.5) is 8.78 Å². The van der Waals surface area contributed by atoms with Gasteiger partial charge in [0.1, 0.15) is 35.1 Å². The van der Waals surface area contributed by atoms with E-state index in [4.69, 9.17) is 14.0 Å². The van der Waals surface area contributed by atoms with Crippen LogP contribution < -0.4 is 0 Å². The maximum Gasteiger partial charge on any atom is 0.143 e. The summed E-state index contributed by atoms with van der Waals surface area (Å²) in [4.78, 5) is 9.35. The van der Waals surface area contributed by atoms with Gasteiger partial charge in [-0.25, -0.2) is 13.8 Å². The summed E-state index contributed by atoms with van der Waals surface area (Å²) in [7, 11) is 0. The van der Waals surface area contributed by atoms with Crippen molar-refractivity contribution < 1.29 is 22.4 Å². The first-order valence-electron chi connectivity index (χ1n) is 16.8. The molecule has 12 heteroatoms. The fourth-order valence-electron chi connectivity index (χ4n) is 6.16. The SMILES string of the molecule is Cc1noc(C)c1-c1ccc2ccn(Cc3ccc(F)cc3)c2n1.Cc1noc(C)c1-c1cnc2ccn(Cc3ccc(F)cc3)c2c1.c1cnoc1. The monoisotopic (exact) mass is 711 g/mol. The van der Waals surface area contributed by atoms with Crippen LogP contribution in [-0.4, -0.2) is 34.6 Å². The van der Waals surface area contributed by atoms with Gasteiger partial charge in [0.25, 0.3) is 0 Å². The first kappa shape index (κ1) is 34.7. The molecule has 0 saturated carbocycles. The molecule has 9 rings (SSSR count). The Balaban J connectivity index is 0.000000145. The van der Waals surface area contributed by atoms with E-state index in [1.807, 2.05) is 70.6 Å². The minimum Gasteiger partial charge on any atom is -0.365 e. The second-order valence-electron chi connectivity index (χ2n) is 12.5. The zero-order valence-corrected chi connectivity index (χ0v) is 29.5. The number of fused-ring (bicyclic) bond motifs is 2. The van der Waals surface area contributed by atoms with E-state index in [-0.39, 0.29) is 11.6 Å². The van der Waals surface area contributed by atoms with Crippen molar-refractivity contribution in [3.05, 3.63) is 162 Å². The Morgan fingerprint density at radius 3 is 1.87 bits per heavy atom. The molecule has 10 nitrogen and oxygen atoms in total. The highest BCUT2D eigenvalue weighted by molar-refractivity contribution is 5.83. The number of rotatable bonds is 6. The van der Waals surface area contributed by atoms with Crippen LogP contribution in [0.2, 0.25) is 0 Å². The number of hydrogen-bond acceptors (Lipinski definition) is 8. The van der Waals surface area contributed by atoms with Gasteiger partial charge in [-0.2, -0.15) is 0 Å². The molecule has 0 aliphatic carbocycles. The lowest BCUT2D eigenvalue weighted by molar-refractivity contribution is 0.393. The van der Waals surface area contributed by atoms with E-state index in [0.29, 0.717) is 13.1 Å². The molecule has 0 saturated heterocycles. The van der Waals surface area contributed by atoms with E-state index < -0.39 is 0 Å². The highest BCUT2D eigenvalue weighted by Crippen LogP contribution is 2.30. The lowest BCUT2D eigenvalue weighted by Crippen LogP contribution is -2.00. The number of benzene rings is 2. The Labute approximate surface area is 303 Å². The van der Waals surface area contributed by atoms with Crippen LogP contribution in [-0.2, 0) is 13.1 Å². The number of pyridine rings is 2. The first-order valence-corrected chi connectivity index (χ1v) is 16.8. The van der Waals surface area contributed by atoms with Crippen molar-refractivity contribution in [2.45, 2.75) is 40.8 Å². The predicted molar refractivity (Wildman–Crippen MR) is 197 cm³/mol. The van der Waals surface area contributed by atoms with E-state index >= 15 is 0 Å². The van der Waals surface area contributed by atoms with Gasteiger partial charge in [-0.1, -0.05) is 39.7 Å². The lowest BCUT2D eigenvalue weighted by atomic mass is 10.1. The zero-order valence-electron chi connectivity index (χ0n) is 29.5. The summed E-state index contributed by atoms with van der Waals surface area (Å²) in [6.45, 7) is 8.93. The molecule has 266 valence electrons. The predicted octanol–water partition coefficient (Wildman–Crippen LogP) is 9.67. The van der Waals surface area contributed by atoms with Crippen molar-refractivity contribution in [2.24, 2.45) is 0 Å². The van der Waals surface area contributed by atoms with Crippen molar-refractivity contribution in [3.8, 4) is 22.4 Å². The summed E-state index contributed by atoms with van der Waals surface area (Å²) in [5, 5.41) is 12.4. The number of hydrogen-bond donors (Lipinski definition) is 0. The summed E-state index contributed by atoms with van der Waals surface area (Å²) in [5.74, 6) is 1.09. The molecule has 0 aliphatic heterocycles. The van der Waals surface area contributed by atoms with Gasteiger partial charge >= 0.3 is 0 Å². The highest BCUT2D eigenvalue weighted by atomic mass is 19.1. The fraction of sp³-hybridized carbons (Fsp3) is 0.146. The van der Waals surface area contributed by atoms with Crippen molar-refractivity contribution in [3.63, 3.8) is 0 Å². The number of halogens is 2. The van der Waals surface area contributed by atoms with Crippen molar-refractivity contribution in [1.29, 1.82) is 0 Å². The molecular formula is C41H35F2N7O3. The highest BCUT2D eigenvalue weighted by Gasteiger charge is 2.15. The summed E-state index contributed by atoms with van der Waals surface area (Å²) < 4.78 is 45.2. The zero-order chi connectivity index (χ0) is 36.9. The molecule has 53 heavy (non-hydrogen) atoms. The summed E-state index contributed by atoms with van der Waals surface area (Å²) in [5.41, 5.74) is 10.3. The van der Waals surface area contributed by atoms with Crippen LogP contribution in [0.1, 0.15) is 34.0 Å². The van der Waals surface area contributed by atoms with E-state index in [1.54, 1.807) is 36.5 Å². The lowest BCUT2D eigenvalue weighted by Gasteiger charge is -2.07. The maximum atomic E-state index is 13.1. The standard InChI is InChI=1S/2C19H16FN3O.C3H3NO/c1-12-18(13(2)24-22-12)17-8-5-15-9-10-23(19(15)21-17)11-14-3-6-16(20)7-4-14;1-12-19(13(2)24-22-12)15-9-18-17(21-10-15)7-8-23(18)11-14-3-5-16(20)6-4-14;1-2-4-5-3-1/h2*3-10H,11H2,1-2H3;1-3H. The number of aryl methyl sites for hydroxylation is 4. The third-order valence-corrected chi connectivity index (χ3v) is 8.72. The van der Waals surface area contributed by atoms with Gasteiger partial charge in [-0.15, -0.1) is 0 Å². The molecule has 0 bridgehead atoms. The molecular weight excluding hydrogens is 676 g/mol. The molecule has 2 aromatic carbocycles. The average Bonchev–Trinajstić information content (AvgIpc) is 4.02. The van der Waals surface area contributed by atoms with Crippen LogP contribution in [0.3, 0.4) is 0 Å². The Morgan fingerprint density at radius 2 is 1.30 bits per heavy atom. The van der Waals surface area contributed by atoms with E-state index in [0.717, 1.165) is 78.5 Å². The Bertz CT molecular complexity index is 2360. The minimum atomic E-state index is -0.227. The van der Waals surface area contributed by atoms with Crippen molar-refractivity contribution in [1.82, 2.24) is 34.6 Å². The maximum absolute atomic E-state index is 13.1. The summed E-state index contributed by atoms with van der Waals surface area (Å²) in [6, 6.07) is 25.0.